The van der Waals surface area contributed by atoms with Gasteiger partial charge in [-0.05, 0) is 60.7 Å². The Morgan fingerprint density at radius 3 is 2.18 bits per heavy atom. The summed E-state index contributed by atoms with van der Waals surface area (Å²) >= 11 is 12.3. The van der Waals surface area contributed by atoms with Gasteiger partial charge in [0.15, 0.2) is 0 Å². The predicted octanol–water partition coefficient (Wildman–Crippen LogP) is 6.39. The van der Waals surface area contributed by atoms with Crippen molar-refractivity contribution >= 4 is 34.8 Å². The van der Waals surface area contributed by atoms with Crippen LogP contribution in [0.15, 0.2) is 79.0 Å². The molecule has 4 rings (SSSR count). The second kappa shape index (κ2) is 8.90. The minimum Gasteiger partial charge on any atom is -0.299 e. The molecule has 0 aliphatic carbocycles. The van der Waals surface area contributed by atoms with E-state index in [1.54, 1.807) is 53.1 Å². The number of carbonyl (C=O) groups excluding carboxylic acids is 1. The number of nitrogens with two attached hydrogens (primary N) is 1. The van der Waals surface area contributed by atoms with E-state index in [9.17, 15) is 18.0 Å². The molecule has 5 nitrogen and oxygen atoms in total. The monoisotopic (exact) mass is 490 g/mol. The quantitative estimate of drug-likeness (QED) is 0.205. The summed E-state index contributed by atoms with van der Waals surface area (Å²) in [6, 6.07) is 17.8. The van der Waals surface area contributed by atoms with Gasteiger partial charge in [0.1, 0.15) is 11.5 Å². The maximum atomic E-state index is 13.0. The van der Waals surface area contributed by atoms with E-state index in [0.717, 1.165) is 29.3 Å². The fourth-order valence-corrected chi connectivity index (χ4v) is 3.51. The molecule has 1 heterocycles. The summed E-state index contributed by atoms with van der Waals surface area (Å²) in [5, 5.41) is 1.69. The van der Waals surface area contributed by atoms with E-state index >= 15 is 0 Å². The van der Waals surface area contributed by atoms with Crippen LogP contribution in [0.4, 0.5) is 18.9 Å². The van der Waals surface area contributed by atoms with E-state index in [1.807, 2.05) is 0 Å². The highest BCUT2D eigenvalue weighted by Crippen LogP contribution is 2.32. The number of carbonyl (C=O) groups is 1. The van der Waals surface area contributed by atoms with Crippen LogP contribution < -0.4 is 10.9 Å². The molecule has 0 unspecified atom stereocenters. The van der Waals surface area contributed by atoms with E-state index in [4.69, 9.17) is 29.0 Å². The molecular weight excluding hydrogens is 476 g/mol. The fourth-order valence-electron chi connectivity index (χ4n) is 3.17. The molecule has 1 aromatic heterocycles. The van der Waals surface area contributed by atoms with Gasteiger partial charge in [-0.15, -0.1) is 0 Å². The lowest BCUT2D eigenvalue weighted by Crippen LogP contribution is -2.37. The molecule has 0 radical (unpaired) electrons. The number of imidazole rings is 1. The molecule has 33 heavy (non-hydrogen) atoms. The summed E-state index contributed by atoms with van der Waals surface area (Å²) in [5.41, 5.74) is 0.445. The van der Waals surface area contributed by atoms with Crippen molar-refractivity contribution in [2.24, 2.45) is 5.84 Å². The number of aromatic nitrogens is 2. The number of benzene rings is 3. The molecule has 0 aliphatic heterocycles. The Kier molecular flexibility index (Phi) is 6.16. The first-order chi connectivity index (χ1) is 15.6. The second-order valence-corrected chi connectivity index (χ2v) is 7.84. The van der Waals surface area contributed by atoms with Crippen LogP contribution in [-0.2, 0) is 6.18 Å². The first-order valence-electron chi connectivity index (χ1n) is 9.52. The molecule has 0 spiro atoms. The van der Waals surface area contributed by atoms with Crippen molar-refractivity contribution in [3.05, 3.63) is 100 Å². The maximum absolute atomic E-state index is 13.0. The number of hydrazine groups is 1. The van der Waals surface area contributed by atoms with Gasteiger partial charge in [-0.1, -0.05) is 35.3 Å². The Labute approximate surface area is 196 Å². The second-order valence-electron chi connectivity index (χ2n) is 7.00. The average molecular weight is 491 g/mol. The highest BCUT2D eigenvalue weighted by atomic mass is 35.5. The van der Waals surface area contributed by atoms with Crippen molar-refractivity contribution < 1.29 is 18.0 Å². The van der Waals surface area contributed by atoms with Crippen molar-refractivity contribution in [3.8, 4) is 17.1 Å². The van der Waals surface area contributed by atoms with Gasteiger partial charge < -0.3 is 0 Å². The van der Waals surface area contributed by atoms with Crippen LogP contribution in [0.25, 0.3) is 17.1 Å². The summed E-state index contributed by atoms with van der Waals surface area (Å²) < 4.78 is 40.1. The summed E-state index contributed by atoms with van der Waals surface area (Å²) in [4.78, 5) is 17.5. The Balaban J connectivity index is 1.75. The molecule has 4 aromatic rings. The number of anilines is 1. The molecule has 1 amide bonds. The van der Waals surface area contributed by atoms with Crippen LogP contribution in [0, 0.1) is 0 Å². The molecule has 0 atom stereocenters. The van der Waals surface area contributed by atoms with Gasteiger partial charge in [-0.2, -0.15) is 13.2 Å². The third-order valence-corrected chi connectivity index (χ3v) is 5.42. The third-order valence-electron chi connectivity index (χ3n) is 4.84. The van der Waals surface area contributed by atoms with Crippen molar-refractivity contribution in [1.29, 1.82) is 0 Å². The van der Waals surface area contributed by atoms with Gasteiger partial charge in [0.2, 0.25) is 0 Å². The van der Waals surface area contributed by atoms with Crippen LogP contribution >= 0.6 is 23.2 Å². The largest absolute Gasteiger partial charge is 0.416 e. The molecular formula is C23H15Cl2F3N4O. The lowest BCUT2D eigenvalue weighted by Gasteiger charge is -2.16. The first kappa shape index (κ1) is 22.8. The molecule has 0 saturated carbocycles. The van der Waals surface area contributed by atoms with Crippen LogP contribution in [0.3, 0.4) is 0 Å². The number of rotatable bonds is 4. The SMILES string of the molecule is NN(C(=O)c1cn(-c2ccc(Cl)cc2)c(-c2ccccc2Cl)n1)c1ccc(C(F)(F)F)cc1. The lowest BCUT2D eigenvalue weighted by molar-refractivity contribution is -0.137. The number of hydrogen-bond donors (Lipinski definition) is 1. The van der Waals surface area contributed by atoms with E-state index < -0.39 is 17.6 Å². The summed E-state index contributed by atoms with van der Waals surface area (Å²) in [5.74, 6) is 5.60. The molecule has 3 aromatic carbocycles. The molecule has 0 aliphatic rings. The number of alkyl halides is 3. The van der Waals surface area contributed by atoms with Crippen molar-refractivity contribution in [3.63, 3.8) is 0 Å². The standard InChI is InChI=1S/C23H15Cl2F3N4O/c24-15-7-11-16(12-8-15)31-13-20(30-21(31)18-3-1-2-4-19(18)25)22(33)32(29)17-9-5-14(6-10-17)23(26,27)28/h1-13H,29H2. The predicted molar refractivity (Wildman–Crippen MR) is 121 cm³/mol. The summed E-state index contributed by atoms with van der Waals surface area (Å²) in [6.45, 7) is 0. The number of halogens is 5. The fraction of sp³-hybridized carbons (Fsp3) is 0.0435. The Hall–Kier alpha value is -3.33. The summed E-state index contributed by atoms with van der Waals surface area (Å²) in [6.07, 6.45) is -3.02. The normalized spacial score (nSPS) is 11.5. The minimum absolute atomic E-state index is 0.0257. The van der Waals surface area contributed by atoms with Crippen molar-refractivity contribution in [2.75, 3.05) is 5.01 Å². The molecule has 168 valence electrons. The Morgan fingerprint density at radius 2 is 1.58 bits per heavy atom. The van der Waals surface area contributed by atoms with Gasteiger partial charge in [0.25, 0.3) is 5.91 Å². The van der Waals surface area contributed by atoms with E-state index in [1.165, 1.54) is 6.20 Å². The van der Waals surface area contributed by atoms with Crippen LogP contribution in [0.1, 0.15) is 16.1 Å². The average Bonchev–Trinajstić information content (AvgIpc) is 3.23. The molecule has 2 N–H and O–H groups in total. The smallest absolute Gasteiger partial charge is 0.299 e. The highest BCUT2D eigenvalue weighted by molar-refractivity contribution is 6.33. The zero-order valence-electron chi connectivity index (χ0n) is 16.7. The van der Waals surface area contributed by atoms with Crippen LogP contribution in [0.2, 0.25) is 10.0 Å². The summed E-state index contributed by atoms with van der Waals surface area (Å²) in [7, 11) is 0. The number of nitrogens with zero attached hydrogens (tertiary/aromatic N) is 3. The zero-order chi connectivity index (χ0) is 23.8. The van der Waals surface area contributed by atoms with E-state index in [0.29, 0.717) is 27.1 Å². The number of hydrogen-bond acceptors (Lipinski definition) is 3. The van der Waals surface area contributed by atoms with E-state index in [2.05, 4.69) is 4.98 Å². The zero-order valence-corrected chi connectivity index (χ0v) is 18.2. The Morgan fingerprint density at radius 1 is 0.939 bits per heavy atom. The van der Waals surface area contributed by atoms with Gasteiger partial charge >= 0.3 is 6.18 Å². The van der Waals surface area contributed by atoms with Crippen LogP contribution in [-0.4, -0.2) is 15.5 Å². The van der Waals surface area contributed by atoms with E-state index in [-0.39, 0.29) is 11.4 Å². The topological polar surface area (TPSA) is 64.2 Å². The van der Waals surface area contributed by atoms with Gasteiger partial charge in [-0.25, -0.2) is 15.8 Å². The van der Waals surface area contributed by atoms with Crippen LogP contribution in [0.5, 0.6) is 0 Å². The Bertz CT molecular complexity index is 1300. The van der Waals surface area contributed by atoms with Gasteiger partial charge in [-0.3, -0.25) is 9.36 Å². The first-order valence-corrected chi connectivity index (χ1v) is 10.3. The third kappa shape index (κ3) is 4.73. The molecule has 10 heteroatoms. The minimum atomic E-state index is -4.50. The highest BCUT2D eigenvalue weighted by Gasteiger charge is 2.30. The molecule has 0 fully saturated rings. The lowest BCUT2D eigenvalue weighted by atomic mass is 10.2. The molecule has 0 bridgehead atoms. The maximum Gasteiger partial charge on any atom is 0.416 e. The van der Waals surface area contributed by atoms with Gasteiger partial charge in [0, 0.05) is 22.5 Å². The number of amides is 1. The van der Waals surface area contributed by atoms with Crippen molar-refractivity contribution in [2.45, 2.75) is 6.18 Å². The molecule has 0 saturated heterocycles. The van der Waals surface area contributed by atoms with Crippen molar-refractivity contribution in [1.82, 2.24) is 9.55 Å². The van der Waals surface area contributed by atoms with Gasteiger partial charge in [0.05, 0.1) is 16.3 Å².